The first-order valence-corrected chi connectivity index (χ1v) is 9.12. The van der Waals surface area contributed by atoms with E-state index in [1.807, 2.05) is 0 Å². The van der Waals surface area contributed by atoms with Crippen molar-refractivity contribution in [1.29, 1.82) is 0 Å². The second kappa shape index (κ2) is 8.27. The summed E-state index contributed by atoms with van der Waals surface area (Å²) in [4.78, 5) is 24.1. The molecule has 1 fully saturated rings. The lowest BCUT2D eigenvalue weighted by molar-refractivity contribution is -0.123. The molecule has 0 aliphatic carbocycles. The zero-order valence-corrected chi connectivity index (χ0v) is 16.6. The van der Waals surface area contributed by atoms with Gasteiger partial charge in [-0.15, -0.1) is 0 Å². The summed E-state index contributed by atoms with van der Waals surface area (Å²) in [6.07, 6.45) is 1.39. The highest BCUT2D eigenvalue weighted by molar-refractivity contribution is 7.80. The summed E-state index contributed by atoms with van der Waals surface area (Å²) >= 11 is 22.9. The Hall–Kier alpha value is -2.12. The van der Waals surface area contributed by atoms with Gasteiger partial charge in [-0.05, 0) is 48.6 Å². The average molecular weight is 442 g/mol. The SMILES string of the molecule is O=C1NC(=S)NC(=O)C1=Cc1cc(Cl)ccc1OCc1ccc(Cl)cc1Cl. The molecule has 9 heteroatoms. The normalized spacial score (nSPS) is 13.9. The summed E-state index contributed by atoms with van der Waals surface area (Å²) in [5, 5.41) is 6.12. The van der Waals surface area contributed by atoms with E-state index in [-0.39, 0.29) is 17.3 Å². The van der Waals surface area contributed by atoms with Crippen LogP contribution in [0, 0.1) is 0 Å². The van der Waals surface area contributed by atoms with Gasteiger partial charge in [-0.1, -0.05) is 40.9 Å². The molecule has 0 spiro atoms. The Balaban J connectivity index is 1.89. The Bertz CT molecular complexity index is 970. The van der Waals surface area contributed by atoms with Crippen LogP contribution >= 0.6 is 47.0 Å². The number of carbonyl (C=O) groups excluding carboxylic acids is 2. The molecule has 5 nitrogen and oxygen atoms in total. The van der Waals surface area contributed by atoms with Gasteiger partial charge in [0.1, 0.15) is 17.9 Å². The van der Waals surface area contributed by atoms with Crippen LogP contribution in [0.2, 0.25) is 15.1 Å². The molecule has 0 bridgehead atoms. The molecular weight excluding hydrogens is 431 g/mol. The molecule has 2 amide bonds. The predicted octanol–water partition coefficient (Wildman–Crippen LogP) is 4.14. The van der Waals surface area contributed by atoms with E-state index in [2.05, 4.69) is 10.6 Å². The van der Waals surface area contributed by atoms with Gasteiger partial charge in [-0.2, -0.15) is 0 Å². The predicted molar refractivity (Wildman–Crippen MR) is 109 cm³/mol. The van der Waals surface area contributed by atoms with Crippen molar-refractivity contribution in [3.05, 3.63) is 68.2 Å². The van der Waals surface area contributed by atoms with E-state index in [9.17, 15) is 9.59 Å². The lowest BCUT2D eigenvalue weighted by atomic mass is 10.1. The number of nitrogens with one attached hydrogen (secondary N) is 2. The second-order valence-electron chi connectivity index (χ2n) is 5.50. The van der Waals surface area contributed by atoms with E-state index in [1.165, 1.54) is 6.08 Å². The number of rotatable bonds is 4. The van der Waals surface area contributed by atoms with Gasteiger partial charge in [-0.25, -0.2) is 0 Å². The second-order valence-corrected chi connectivity index (χ2v) is 7.19. The van der Waals surface area contributed by atoms with Gasteiger partial charge in [0.05, 0.1) is 0 Å². The highest BCUT2D eigenvalue weighted by Gasteiger charge is 2.26. The lowest BCUT2D eigenvalue weighted by Crippen LogP contribution is -2.51. The summed E-state index contributed by atoms with van der Waals surface area (Å²) in [7, 11) is 0. The van der Waals surface area contributed by atoms with Crippen molar-refractivity contribution in [3.63, 3.8) is 0 Å². The Morgan fingerprint density at radius 1 is 0.963 bits per heavy atom. The number of halogens is 3. The van der Waals surface area contributed by atoms with Crippen LogP contribution in [-0.4, -0.2) is 16.9 Å². The van der Waals surface area contributed by atoms with Crippen LogP contribution in [0.3, 0.4) is 0 Å². The highest BCUT2D eigenvalue weighted by Crippen LogP contribution is 2.28. The minimum Gasteiger partial charge on any atom is -0.488 e. The zero-order valence-electron chi connectivity index (χ0n) is 13.5. The van der Waals surface area contributed by atoms with E-state index in [0.29, 0.717) is 26.4 Å². The average Bonchev–Trinajstić information content (AvgIpc) is 2.58. The molecule has 1 saturated heterocycles. The number of carbonyl (C=O) groups is 2. The summed E-state index contributed by atoms with van der Waals surface area (Å²) in [6, 6.07) is 9.94. The van der Waals surface area contributed by atoms with E-state index in [0.717, 1.165) is 5.56 Å². The van der Waals surface area contributed by atoms with Crippen molar-refractivity contribution in [3.8, 4) is 5.75 Å². The Morgan fingerprint density at radius 2 is 1.59 bits per heavy atom. The van der Waals surface area contributed by atoms with Crippen molar-refractivity contribution in [2.24, 2.45) is 0 Å². The van der Waals surface area contributed by atoms with Gasteiger partial charge in [-0.3, -0.25) is 20.2 Å². The van der Waals surface area contributed by atoms with Crippen molar-refractivity contribution in [2.75, 3.05) is 0 Å². The van der Waals surface area contributed by atoms with Gasteiger partial charge in [0.2, 0.25) is 0 Å². The minimum absolute atomic E-state index is 0.0397. The Kier molecular flexibility index (Phi) is 6.01. The van der Waals surface area contributed by atoms with Crippen LogP contribution in [0.4, 0.5) is 0 Å². The third kappa shape index (κ3) is 4.78. The fraction of sp³-hybridized carbons (Fsp3) is 0.0556. The molecule has 1 aliphatic heterocycles. The number of benzene rings is 2. The molecule has 0 aromatic heterocycles. The summed E-state index contributed by atoms with van der Waals surface area (Å²) in [5.41, 5.74) is 1.08. The van der Waals surface area contributed by atoms with E-state index in [4.69, 9.17) is 51.8 Å². The third-order valence-corrected chi connectivity index (χ3v) is 4.64. The van der Waals surface area contributed by atoms with Gasteiger partial charge in [0, 0.05) is 26.2 Å². The first-order valence-electron chi connectivity index (χ1n) is 7.58. The van der Waals surface area contributed by atoms with Crippen LogP contribution in [0.5, 0.6) is 5.75 Å². The monoisotopic (exact) mass is 440 g/mol. The van der Waals surface area contributed by atoms with Gasteiger partial charge in [0.25, 0.3) is 11.8 Å². The quantitative estimate of drug-likeness (QED) is 0.425. The molecule has 0 saturated carbocycles. The molecule has 3 rings (SSSR count). The molecule has 0 unspecified atom stereocenters. The van der Waals surface area contributed by atoms with Crippen molar-refractivity contribution >= 4 is 70.0 Å². The number of hydrogen-bond donors (Lipinski definition) is 2. The molecule has 0 atom stereocenters. The first kappa shape index (κ1) is 19.6. The maximum Gasteiger partial charge on any atom is 0.263 e. The van der Waals surface area contributed by atoms with Crippen LogP contribution < -0.4 is 15.4 Å². The summed E-state index contributed by atoms with van der Waals surface area (Å²) in [6.45, 7) is 0.163. The van der Waals surface area contributed by atoms with E-state index in [1.54, 1.807) is 36.4 Å². The number of thiocarbonyl (C=S) groups is 1. The molecule has 0 radical (unpaired) electrons. The number of amides is 2. The molecular formula is C18H11Cl3N2O3S. The van der Waals surface area contributed by atoms with Crippen molar-refractivity contribution in [1.82, 2.24) is 10.6 Å². The van der Waals surface area contributed by atoms with Crippen LogP contribution in [0.15, 0.2) is 42.0 Å². The fourth-order valence-electron chi connectivity index (χ4n) is 2.32. The summed E-state index contributed by atoms with van der Waals surface area (Å²) in [5.74, 6) is -0.780. The molecule has 27 heavy (non-hydrogen) atoms. The van der Waals surface area contributed by atoms with Gasteiger partial charge in [0.15, 0.2) is 5.11 Å². The minimum atomic E-state index is -0.601. The maximum atomic E-state index is 12.0. The topological polar surface area (TPSA) is 67.4 Å². The summed E-state index contributed by atoms with van der Waals surface area (Å²) < 4.78 is 5.81. The van der Waals surface area contributed by atoms with E-state index < -0.39 is 11.8 Å². The number of ether oxygens (including phenoxy) is 1. The van der Waals surface area contributed by atoms with Crippen molar-refractivity contribution < 1.29 is 14.3 Å². The Labute approximate surface area is 175 Å². The third-order valence-electron chi connectivity index (χ3n) is 3.61. The maximum absolute atomic E-state index is 12.0. The number of hydrogen-bond acceptors (Lipinski definition) is 4. The molecule has 1 aliphatic rings. The van der Waals surface area contributed by atoms with Gasteiger partial charge >= 0.3 is 0 Å². The molecule has 1 heterocycles. The fourth-order valence-corrected chi connectivity index (χ4v) is 3.15. The van der Waals surface area contributed by atoms with Crippen LogP contribution in [0.25, 0.3) is 6.08 Å². The molecule has 2 aromatic carbocycles. The highest BCUT2D eigenvalue weighted by atomic mass is 35.5. The van der Waals surface area contributed by atoms with Crippen LogP contribution in [0.1, 0.15) is 11.1 Å². The van der Waals surface area contributed by atoms with E-state index >= 15 is 0 Å². The smallest absolute Gasteiger partial charge is 0.263 e. The van der Waals surface area contributed by atoms with Crippen LogP contribution in [-0.2, 0) is 16.2 Å². The standard InChI is InChI=1S/C18H11Cl3N2O3S/c19-11-3-4-15(26-8-9-1-2-12(20)7-14(9)21)10(5-11)6-13-16(24)22-18(27)23-17(13)25/h1-7H,8H2,(H2,22,23,24,25,27). The zero-order chi connectivity index (χ0) is 19.6. The lowest BCUT2D eigenvalue weighted by Gasteiger charge is -2.17. The molecule has 2 N–H and O–H groups in total. The molecule has 138 valence electrons. The molecule has 2 aromatic rings. The van der Waals surface area contributed by atoms with Gasteiger partial charge < -0.3 is 4.74 Å². The largest absolute Gasteiger partial charge is 0.488 e. The Morgan fingerprint density at radius 3 is 2.26 bits per heavy atom. The van der Waals surface area contributed by atoms with Crippen molar-refractivity contribution in [2.45, 2.75) is 6.61 Å². The first-order chi connectivity index (χ1) is 12.8.